The van der Waals surface area contributed by atoms with E-state index in [-0.39, 0.29) is 59.3 Å². The van der Waals surface area contributed by atoms with Gasteiger partial charge in [0.2, 0.25) is 11.8 Å². The van der Waals surface area contributed by atoms with Crippen LogP contribution in [-0.2, 0) is 9.59 Å². The Kier molecular flexibility index (Phi) is 4.25. The van der Waals surface area contributed by atoms with Gasteiger partial charge in [-0.1, -0.05) is 12.2 Å². The number of nitrogens with zero attached hydrogens (tertiary/aromatic N) is 2. The summed E-state index contributed by atoms with van der Waals surface area (Å²) in [6.45, 7) is -0.257. The number of nitro benzene ring substituents is 1. The molecule has 2 N–H and O–H groups in total. The zero-order valence-electron chi connectivity index (χ0n) is 15.0. The smallest absolute Gasteiger partial charge is 0.320 e. The van der Waals surface area contributed by atoms with Crippen LogP contribution in [0.15, 0.2) is 30.4 Å². The van der Waals surface area contributed by atoms with Gasteiger partial charge in [0.25, 0.3) is 5.69 Å². The quantitative estimate of drug-likeness (QED) is 0.341. The number of imide groups is 1. The number of methoxy groups -OCH3 is 1. The number of ether oxygens (including phenoxy) is 1. The van der Waals surface area contributed by atoms with E-state index >= 15 is 0 Å². The molecule has 4 amide bonds. The molecule has 4 rings (SSSR count). The second kappa shape index (κ2) is 6.63. The highest BCUT2D eigenvalue weighted by Crippen LogP contribution is 2.52. The highest BCUT2D eigenvalue weighted by atomic mass is 16.6. The molecule has 2 fully saturated rings. The number of amides is 4. The van der Waals surface area contributed by atoms with Crippen molar-refractivity contribution in [2.24, 2.45) is 23.7 Å². The van der Waals surface area contributed by atoms with Gasteiger partial charge in [-0.05, 0) is 24.3 Å². The minimum absolute atomic E-state index is 0.0967. The van der Waals surface area contributed by atoms with Crippen LogP contribution in [0.3, 0.4) is 0 Å². The average Bonchev–Trinajstić information content (AvgIpc) is 3.34. The van der Waals surface area contributed by atoms with E-state index in [9.17, 15) is 24.5 Å². The first-order valence-electron chi connectivity index (χ1n) is 8.81. The van der Waals surface area contributed by atoms with E-state index in [1.165, 1.54) is 25.3 Å². The van der Waals surface area contributed by atoms with Crippen LogP contribution in [0, 0.1) is 33.8 Å². The lowest BCUT2D eigenvalue weighted by molar-refractivity contribution is -0.384. The standard InChI is InChI=1S/C18H18N4O6/c1-28-13-5-4-11(22(26)27)7-12(13)20-18(25)19-8-21-16(23)14-9-2-3-10(6-9)15(14)17(21)24/h2-5,7,9-10,14-15H,6,8H2,1H3,(H2,19,20,25). The second-order valence-corrected chi connectivity index (χ2v) is 7.04. The Morgan fingerprint density at radius 1 is 1.25 bits per heavy atom. The van der Waals surface area contributed by atoms with E-state index in [1.54, 1.807) is 0 Å². The molecule has 10 heteroatoms. The number of anilines is 1. The maximum absolute atomic E-state index is 12.6. The van der Waals surface area contributed by atoms with Crippen LogP contribution in [0.4, 0.5) is 16.2 Å². The average molecular weight is 386 g/mol. The first kappa shape index (κ1) is 18.0. The first-order valence-corrected chi connectivity index (χ1v) is 8.81. The van der Waals surface area contributed by atoms with Crippen molar-refractivity contribution in [2.45, 2.75) is 6.42 Å². The van der Waals surface area contributed by atoms with Gasteiger partial charge in [-0.2, -0.15) is 0 Å². The fraction of sp³-hybridized carbons (Fsp3) is 0.389. The minimum atomic E-state index is -0.711. The van der Waals surface area contributed by atoms with Crippen molar-refractivity contribution >= 4 is 29.2 Å². The summed E-state index contributed by atoms with van der Waals surface area (Å²) >= 11 is 0. The highest BCUT2D eigenvalue weighted by molar-refractivity contribution is 6.06. The fourth-order valence-electron chi connectivity index (χ4n) is 4.34. The molecule has 146 valence electrons. The number of allylic oxidation sites excluding steroid dienone is 2. The number of carbonyl (C=O) groups excluding carboxylic acids is 3. The van der Waals surface area contributed by atoms with Crippen molar-refractivity contribution in [1.82, 2.24) is 10.2 Å². The van der Waals surface area contributed by atoms with Crippen LogP contribution in [0.2, 0.25) is 0 Å². The Hall–Kier alpha value is -3.43. The topological polar surface area (TPSA) is 131 Å². The summed E-state index contributed by atoms with van der Waals surface area (Å²) in [5.41, 5.74) is -0.107. The maximum atomic E-state index is 12.6. The molecule has 4 atom stereocenters. The van der Waals surface area contributed by atoms with Crippen LogP contribution in [-0.4, -0.2) is 41.4 Å². The van der Waals surface area contributed by atoms with E-state index in [1.807, 2.05) is 12.2 Å². The molecule has 0 spiro atoms. The highest BCUT2D eigenvalue weighted by Gasteiger charge is 2.59. The molecule has 0 radical (unpaired) electrons. The van der Waals surface area contributed by atoms with Gasteiger partial charge < -0.3 is 15.4 Å². The van der Waals surface area contributed by atoms with Gasteiger partial charge in [0.15, 0.2) is 0 Å². The zero-order valence-corrected chi connectivity index (χ0v) is 15.0. The van der Waals surface area contributed by atoms with Gasteiger partial charge in [0.05, 0.1) is 29.6 Å². The number of non-ortho nitro benzene ring substituents is 1. The number of carbonyl (C=O) groups is 3. The molecule has 1 aromatic carbocycles. The lowest BCUT2D eigenvalue weighted by Gasteiger charge is -2.18. The van der Waals surface area contributed by atoms with Crippen LogP contribution >= 0.6 is 0 Å². The lowest BCUT2D eigenvalue weighted by atomic mass is 9.85. The maximum Gasteiger partial charge on any atom is 0.320 e. The van der Waals surface area contributed by atoms with E-state index < -0.39 is 11.0 Å². The molecule has 1 saturated carbocycles. The normalized spacial score (nSPS) is 27.1. The van der Waals surface area contributed by atoms with Gasteiger partial charge in [-0.15, -0.1) is 0 Å². The number of benzene rings is 1. The molecule has 2 aliphatic carbocycles. The second-order valence-electron chi connectivity index (χ2n) is 7.04. The van der Waals surface area contributed by atoms with Gasteiger partial charge in [0.1, 0.15) is 12.4 Å². The molecular formula is C18H18N4O6. The van der Waals surface area contributed by atoms with Gasteiger partial charge in [0, 0.05) is 12.1 Å². The molecule has 0 aromatic heterocycles. The summed E-state index contributed by atoms with van der Waals surface area (Å²) in [5.74, 6) is -0.751. The molecule has 28 heavy (non-hydrogen) atoms. The van der Waals surface area contributed by atoms with Gasteiger partial charge >= 0.3 is 6.03 Å². The number of hydrogen-bond acceptors (Lipinski definition) is 6. The number of nitrogens with one attached hydrogen (secondary N) is 2. The Morgan fingerprint density at radius 2 is 1.89 bits per heavy atom. The molecule has 4 unspecified atom stereocenters. The monoisotopic (exact) mass is 386 g/mol. The minimum Gasteiger partial charge on any atom is -0.495 e. The molecule has 1 aromatic rings. The van der Waals surface area contributed by atoms with Crippen molar-refractivity contribution in [1.29, 1.82) is 0 Å². The Balaban J connectivity index is 1.41. The number of urea groups is 1. The van der Waals surface area contributed by atoms with Crippen molar-refractivity contribution in [3.8, 4) is 5.75 Å². The third kappa shape index (κ3) is 2.77. The first-order chi connectivity index (χ1) is 13.4. The molecule has 1 aliphatic heterocycles. The van der Waals surface area contributed by atoms with Crippen LogP contribution in [0.5, 0.6) is 5.75 Å². The molecule has 3 aliphatic rings. The molecular weight excluding hydrogens is 368 g/mol. The number of fused-ring (bicyclic) bond motifs is 5. The summed E-state index contributed by atoms with van der Waals surface area (Å²) < 4.78 is 5.08. The van der Waals surface area contributed by atoms with E-state index in [0.29, 0.717) is 0 Å². The van der Waals surface area contributed by atoms with E-state index in [0.717, 1.165) is 11.3 Å². The number of hydrogen-bond donors (Lipinski definition) is 2. The van der Waals surface area contributed by atoms with E-state index in [2.05, 4.69) is 10.6 Å². The molecule has 2 bridgehead atoms. The Morgan fingerprint density at radius 3 is 2.46 bits per heavy atom. The lowest BCUT2D eigenvalue weighted by Crippen LogP contribution is -2.43. The zero-order chi connectivity index (χ0) is 20.0. The van der Waals surface area contributed by atoms with Gasteiger partial charge in [-0.25, -0.2) is 4.79 Å². The number of rotatable bonds is 5. The van der Waals surface area contributed by atoms with Crippen LogP contribution < -0.4 is 15.4 Å². The number of nitro groups is 1. The SMILES string of the molecule is COc1ccc([N+](=O)[O-])cc1NC(=O)NCN1C(=O)C2C3C=CC(C3)C2C1=O. The fourth-order valence-corrected chi connectivity index (χ4v) is 4.34. The Labute approximate surface area is 159 Å². The molecule has 1 heterocycles. The predicted molar refractivity (Wildman–Crippen MR) is 96.2 cm³/mol. The molecule has 10 nitrogen and oxygen atoms in total. The van der Waals surface area contributed by atoms with Gasteiger partial charge in [-0.3, -0.25) is 24.6 Å². The molecule has 1 saturated heterocycles. The Bertz CT molecular complexity index is 883. The summed E-state index contributed by atoms with van der Waals surface area (Å²) in [5, 5.41) is 15.8. The van der Waals surface area contributed by atoms with Crippen molar-refractivity contribution in [2.75, 3.05) is 19.1 Å². The van der Waals surface area contributed by atoms with Crippen LogP contribution in [0.25, 0.3) is 0 Å². The van der Waals surface area contributed by atoms with Crippen molar-refractivity contribution in [3.63, 3.8) is 0 Å². The van der Waals surface area contributed by atoms with Crippen molar-refractivity contribution in [3.05, 3.63) is 40.5 Å². The summed E-state index contributed by atoms with van der Waals surface area (Å²) in [4.78, 5) is 48.8. The van der Waals surface area contributed by atoms with Crippen molar-refractivity contribution < 1.29 is 24.0 Å². The summed E-state index contributed by atoms with van der Waals surface area (Å²) in [7, 11) is 1.37. The largest absolute Gasteiger partial charge is 0.495 e. The summed E-state index contributed by atoms with van der Waals surface area (Å²) in [6, 6.07) is 3.08. The number of likely N-dealkylation sites (tertiary alicyclic amines) is 1. The summed E-state index contributed by atoms with van der Waals surface area (Å²) in [6.07, 6.45) is 4.83. The predicted octanol–water partition coefficient (Wildman–Crippen LogP) is 1.49. The third-order valence-electron chi connectivity index (χ3n) is 5.60. The van der Waals surface area contributed by atoms with Crippen LogP contribution in [0.1, 0.15) is 6.42 Å². The third-order valence-corrected chi connectivity index (χ3v) is 5.60. The van der Waals surface area contributed by atoms with E-state index in [4.69, 9.17) is 4.74 Å².